The van der Waals surface area contributed by atoms with Crippen LogP contribution in [-0.2, 0) is 0 Å². The molecule has 6 nitrogen and oxygen atoms in total. The standard InChI is InChI=1S/C16H23N5O/c1-12-9-17-15-14(10-18-21(15)11-12)16(22)20-7-4-5-13(6-8-20)19(2)3/h9-11,13H,4-8H2,1-3H3. The van der Waals surface area contributed by atoms with E-state index in [1.54, 1.807) is 16.9 Å². The molecule has 1 fully saturated rings. The van der Waals surface area contributed by atoms with Crippen molar-refractivity contribution in [2.24, 2.45) is 0 Å². The minimum absolute atomic E-state index is 0.0470. The van der Waals surface area contributed by atoms with Gasteiger partial charge in [0.15, 0.2) is 5.65 Å². The summed E-state index contributed by atoms with van der Waals surface area (Å²) in [5, 5.41) is 4.26. The minimum atomic E-state index is 0.0470. The largest absolute Gasteiger partial charge is 0.338 e. The van der Waals surface area contributed by atoms with Gasteiger partial charge in [-0.15, -0.1) is 0 Å². The van der Waals surface area contributed by atoms with E-state index in [1.807, 2.05) is 18.0 Å². The van der Waals surface area contributed by atoms with Crippen molar-refractivity contribution in [2.75, 3.05) is 27.2 Å². The van der Waals surface area contributed by atoms with Gasteiger partial charge in [-0.1, -0.05) is 0 Å². The predicted molar refractivity (Wildman–Crippen MR) is 85.0 cm³/mol. The van der Waals surface area contributed by atoms with Crippen LogP contribution in [0.5, 0.6) is 0 Å². The fraction of sp³-hybridized carbons (Fsp3) is 0.562. The van der Waals surface area contributed by atoms with Gasteiger partial charge in [0.1, 0.15) is 5.56 Å². The molecule has 0 spiro atoms. The Labute approximate surface area is 130 Å². The van der Waals surface area contributed by atoms with E-state index in [4.69, 9.17) is 0 Å². The number of hydrogen-bond acceptors (Lipinski definition) is 4. The smallest absolute Gasteiger partial charge is 0.259 e. The van der Waals surface area contributed by atoms with Crippen molar-refractivity contribution >= 4 is 11.6 Å². The van der Waals surface area contributed by atoms with Crippen LogP contribution in [0.15, 0.2) is 18.6 Å². The Morgan fingerprint density at radius 3 is 2.86 bits per heavy atom. The summed E-state index contributed by atoms with van der Waals surface area (Å²) in [5.41, 5.74) is 2.27. The van der Waals surface area contributed by atoms with Gasteiger partial charge in [0, 0.05) is 31.5 Å². The van der Waals surface area contributed by atoms with E-state index in [2.05, 4.69) is 29.1 Å². The van der Waals surface area contributed by atoms with Gasteiger partial charge in [-0.3, -0.25) is 4.79 Å². The first-order valence-corrected chi connectivity index (χ1v) is 7.82. The maximum absolute atomic E-state index is 12.8. The first kappa shape index (κ1) is 15.0. The average Bonchev–Trinajstić information content (AvgIpc) is 2.74. The lowest BCUT2D eigenvalue weighted by atomic mass is 10.1. The molecule has 1 unspecified atom stereocenters. The number of amides is 1. The number of aromatic nitrogens is 3. The molecular formula is C16H23N5O. The summed E-state index contributed by atoms with van der Waals surface area (Å²) in [7, 11) is 4.22. The minimum Gasteiger partial charge on any atom is -0.338 e. The average molecular weight is 301 g/mol. The molecule has 3 rings (SSSR count). The molecule has 2 aromatic rings. The Hall–Kier alpha value is -1.95. The number of rotatable bonds is 2. The van der Waals surface area contributed by atoms with Crippen LogP contribution in [0, 0.1) is 6.92 Å². The molecule has 1 aliphatic heterocycles. The topological polar surface area (TPSA) is 53.7 Å². The van der Waals surface area contributed by atoms with Crippen LogP contribution in [0.25, 0.3) is 5.65 Å². The van der Waals surface area contributed by atoms with Gasteiger partial charge in [0.05, 0.1) is 6.20 Å². The Balaban J connectivity index is 1.80. The fourth-order valence-electron chi connectivity index (χ4n) is 3.09. The zero-order chi connectivity index (χ0) is 15.7. The number of likely N-dealkylation sites (tertiary alicyclic amines) is 1. The second kappa shape index (κ2) is 6.04. The predicted octanol–water partition coefficient (Wildman–Crippen LogP) is 1.59. The lowest BCUT2D eigenvalue weighted by molar-refractivity contribution is 0.0760. The number of nitrogens with zero attached hydrogens (tertiary/aromatic N) is 5. The van der Waals surface area contributed by atoms with E-state index in [0.29, 0.717) is 17.3 Å². The van der Waals surface area contributed by atoms with Crippen LogP contribution in [0.1, 0.15) is 35.2 Å². The zero-order valence-corrected chi connectivity index (χ0v) is 13.5. The Kier molecular flexibility index (Phi) is 4.11. The van der Waals surface area contributed by atoms with Gasteiger partial charge in [0.2, 0.25) is 0 Å². The zero-order valence-electron chi connectivity index (χ0n) is 13.5. The number of carbonyl (C=O) groups excluding carboxylic acids is 1. The third-order valence-corrected chi connectivity index (χ3v) is 4.43. The molecule has 0 aliphatic carbocycles. The molecule has 0 bridgehead atoms. The molecule has 118 valence electrons. The third-order valence-electron chi connectivity index (χ3n) is 4.43. The number of carbonyl (C=O) groups is 1. The quantitative estimate of drug-likeness (QED) is 0.845. The lowest BCUT2D eigenvalue weighted by Gasteiger charge is -2.23. The molecule has 0 radical (unpaired) electrons. The summed E-state index contributed by atoms with van der Waals surface area (Å²) in [6, 6.07) is 0.558. The van der Waals surface area contributed by atoms with Crippen molar-refractivity contribution < 1.29 is 4.79 Å². The molecule has 1 amide bonds. The van der Waals surface area contributed by atoms with Crippen LogP contribution in [0.3, 0.4) is 0 Å². The van der Waals surface area contributed by atoms with Crippen molar-refractivity contribution in [3.8, 4) is 0 Å². The highest BCUT2D eigenvalue weighted by atomic mass is 16.2. The Morgan fingerprint density at radius 2 is 2.09 bits per heavy atom. The highest BCUT2D eigenvalue weighted by Crippen LogP contribution is 2.18. The molecule has 2 aromatic heterocycles. The fourth-order valence-corrected chi connectivity index (χ4v) is 3.09. The van der Waals surface area contributed by atoms with Gasteiger partial charge in [-0.25, -0.2) is 9.50 Å². The maximum atomic E-state index is 12.8. The van der Waals surface area contributed by atoms with E-state index < -0.39 is 0 Å². The van der Waals surface area contributed by atoms with Crippen molar-refractivity contribution in [3.05, 3.63) is 29.7 Å². The second-order valence-corrected chi connectivity index (χ2v) is 6.30. The summed E-state index contributed by atoms with van der Waals surface area (Å²) >= 11 is 0. The van der Waals surface area contributed by atoms with Gasteiger partial charge in [-0.05, 0) is 45.8 Å². The van der Waals surface area contributed by atoms with Crippen molar-refractivity contribution in [1.82, 2.24) is 24.4 Å². The molecular weight excluding hydrogens is 278 g/mol. The van der Waals surface area contributed by atoms with Crippen LogP contribution >= 0.6 is 0 Å². The molecule has 1 saturated heterocycles. The number of hydrogen-bond donors (Lipinski definition) is 0. The third kappa shape index (κ3) is 2.83. The Morgan fingerprint density at radius 1 is 1.27 bits per heavy atom. The lowest BCUT2D eigenvalue weighted by Crippen LogP contribution is -2.33. The molecule has 6 heteroatoms. The second-order valence-electron chi connectivity index (χ2n) is 6.30. The molecule has 0 saturated carbocycles. The first-order chi connectivity index (χ1) is 10.6. The van der Waals surface area contributed by atoms with Crippen molar-refractivity contribution in [1.29, 1.82) is 0 Å². The SMILES string of the molecule is Cc1cnc2c(C(=O)N3CCCC(N(C)C)CC3)cnn2c1. The number of fused-ring (bicyclic) bond motifs is 1. The van der Waals surface area contributed by atoms with Gasteiger partial charge < -0.3 is 9.80 Å². The summed E-state index contributed by atoms with van der Waals surface area (Å²) in [6.07, 6.45) is 8.51. The maximum Gasteiger partial charge on any atom is 0.259 e. The summed E-state index contributed by atoms with van der Waals surface area (Å²) < 4.78 is 1.68. The van der Waals surface area contributed by atoms with E-state index in [-0.39, 0.29) is 5.91 Å². The van der Waals surface area contributed by atoms with Gasteiger partial charge in [0.25, 0.3) is 5.91 Å². The van der Waals surface area contributed by atoms with Crippen LogP contribution < -0.4 is 0 Å². The molecule has 3 heterocycles. The first-order valence-electron chi connectivity index (χ1n) is 7.82. The normalized spacial score (nSPS) is 19.6. The van der Waals surface area contributed by atoms with E-state index in [0.717, 1.165) is 37.9 Å². The highest BCUT2D eigenvalue weighted by Gasteiger charge is 2.24. The van der Waals surface area contributed by atoms with Gasteiger partial charge in [-0.2, -0.15) is 5.10 Å². The van der Waals surface area contributed by atoms with Crippen LogP contribution in [0.4, 0.5) is 0 Å². The summed E-state index contributed by atoms with van der Waals surface area (Å²) in [5.74, 6) is 0.0470. The van der Waals surface area contributed by atoms with Crippen LogP contribution in [0.2, 0.25) is 0 Å². The highest BCUT2D eigenvalue weighted by molar-refractivity contribution is 5.99. The van der Waals surface area contributed by atoms with E-state index in [1.165, 1.54) is 0 Å². The van der Waals surface area contributed by atoms with Crippen molar-refractivity contribution in [3.63, 3.8) is 0 Å². The molecule has 1 aliphatic rings. The molecule has 0 aromatic carbocycles. The molecule has 22 heavy (non-hydrogen) atoms. The van der Waals surface area contributed by atoms with Gasteiger partial charge >= 0.3 is 0 Å². The van der Waals surface area contributed by atoms with Crippen molar-refractivity contribution in [2.45, 2.75) is 32.2 Å². The van der Waals surface area contributed by atoms with E-state index >= 15 is 0 Å². The molecule has 1 atom stereocenters. The summed E-state index contributed by atoms with van der Waals surface area (Å²) in [4.78, 5) is 21.4. The number of aryl methyl sites for hydroxylation is 1. The Bertz CT molecular complexity index is 678. The molecule has 0 N–H and O–H groups in total. The summed E-state index contributed by atoms with van der Waals surface area (Å²) in [6.45, 7) is 3.57. The van der Waals surface area contributed by atoms with Crippen LogP contribution in [-0.4, -0.2) is 63.5 Å². The van der Waals surface area contributed by atoms with E-state index in [9.17, 15) is 4.79 Å². The monoisotopic (exact) mass is 301 g/mol.